The molecule has 0 unspecified atom stereocenters. The zero-order valence-electron chi connectivity index (χ0n) is 17.1. The lowest BCUT2D eigenvalue weighted by atomic mass is 9.78. The molecule has 0 bridgehead atoms. The molecule has 1 heterocycles. The lowest BCUT2D eigenvalue weighted by molar-refractivity contribution is 0.309. The van der Waals surface area contributed by atoms with Gasteiger partial charge >= 0.3 is 0 Å². The minimum absolute atomic E-state index is 0.271. The average molecular weight is 435 g/mol. The zero-order valence-corrected chi connectivity index (χ0v) is 18.7. The molecule has 1 aliphatic heterocycles. The molecule has 2 N–H and O–H groups in total. The summed E-state index contributed by atoms with van der Waals surface area (Å²) in [6.45, 7) is 8.31. The van der Waals surface area contributed by atoms with Crippen LogP contribution in [0, 0.1) is 0 Å². The van der Waals surface area contributed by atoms with Gasteiger partial charge in [0.2, 0.25) is 0 Å². The summed E-state index contributed by atoms with van der Waals surface area (Å²) in [6, 6.07) is 12.0. The van der Waals surface area contributed by atoms with Crippen LogP contribution in [-0.4, -0.2) is 19.9 Å². The molecule has 2 aromatic rings. The van der Waals surface area contributed by atoms with Crippen LogP contribution in [0.25, 0.3) is 0 Å². The SMILES string of the molecule is CCCCOc1c(Cl)cc(C(C)(C)c2ccc(OCC3=CNCN3)cc2)cc1Cl. The second kappa shape index (κ2) is 9.64. The Morgan fingerprint density at radius 2 is 1.69 bits per heavy atom. The van der Waals surface area contributed by atoms with Gasteiger partial charge in [0, 0.05) is 11.6 Å². The molecule has 0 amide bonds. The van der Waals surface area contributed by atoms with Gasteiger partial charge in [0.1, 0.15) is 12.4 Å². The number of rotatable bonds is 9. The van der Waals surface area contributed by atoms with Gasteiger partial charge in [-0.1, -0.05) is 62.5 Å². The third-order valence-electron chi connectivity index (χ3n) is 5.13. The van der Waals surface area contributed by atoms with E-state index in [1.807, 2.05) is 30.5 Å². The van der Waals surface area contributed by atoms with E-state index in [4.69, 9.17) is 32.7 Å². The maximum Gasteiger partial charge on any atom is 0.156 e. The van der Waals surface area contributed by atoms with E-state index in [2.05, 4.69) is 43.5 Å². The lowest BCUT2D eigenvalue weighted by Gasteiger charge is -2.27. The summed E-state index contributed by atoms with van der Waals surface area (Å²) in [4.78, 5) is 0. The molecule has 0 spiro atoms. The molecular formula is C23H28Cl2N2O2. The van der Waals surface area contributed by atoms with Gasteiger partial charge in [0.05, 0.1) is 29.0 Å². The Morgan fingerprint density at radius 1 is 1.00 bits per heavy atom. The molecule has 6 heteroatoms. The van der Waals surface area contributed by atoms with Gasteiger partial charge in [-0.25, -0.2) is 0 Å². The molecule has 0 saturated heterocycles. The Hall–Kier alpha value is -2.04. The molecule has 1 aliphatic rings. The summed E-state index contributed by atoms with van der Waals surface area (Å²) >= 11 is 13.0. The number of unbranched alkanes of at least 4 members (excludes halogenated alkanes) is 1. The van der Waals surface area contributed by atoms with Crippen molar-refractivity contribution in [2.75, 3.05) is 19.9 Å². The van der Waals surface area contributed by atoms with Crippen LogP contribution in [-0.2, 0) is 5.41 Å². The first-order chi connectivity index (χ1) is 13.9. The van der Waals surface area contributed by atoms with Crippen molar-refractivity contribution in [1.82, 2.24) is 10.6 Å². The van der Waals surface area contributed by atoms with Crippen LogP contribution in [0.1, 0.15) is 44.7 Å². The Morgan fingerprint density at radius 3 is 2.28 bits per heavy atom. The molecule has 29 heavy (non-hydrogen) atoms. The second-order valence-corrected chi connectivity index (χ2v) is 8.45. The summed E-state index contributed by atoms with van der Waals surface area (Å²) in [7, 11) is 0. The summed E-state index contributed by atoms with van der Waals surface area (Å²) in [5.41, 5.74) is 2.96. The van der Waals surface area contributed by atoms with E-state index >= 15 is 0 Å². The van der Waals surface area contributed by atoms with Crippen LogP contribution in [0.2, 0.25) is 10.0 Å². The standard InChI is InChI=1S/C23H28Cl2N2O2/c1-4-5-10-28-22-20(24)11-17(12-21(22)25)23(2,3)16-6-8-19(9-7-16)29-14-18-13-26-15-27-18/h6-9,11-13,26-27H,4-5,10,14-15H2,1-3H3. The molecule has 0 radical (unpaired) electrons. The third-order valence-corrected chi connectivity index (χ3v) is 5.69. The molecule has 3 rings (SSSR count). The molecule has 4 nitrogen and oxygen atoms in total. The number of benzene rings is 2. The number of hydrogen-bond acceptors (Lipinski definition) is 4. The van der Waals surface area contributed by atoms with Gasteiger partial charge in [0.15, 0.2) is 5.75 Å². The highest BCUT2D eigenvalue weighted by atomic mass is 35.5. The first-order valence-corrected chi connectivity index (χ1v) is 10.7. The minimum atomic E-state index is -0.271. The lowest BCUT2D eigenvalue weighted by Crippen LogP contribution is -2.19. The predicted octanol–water partition coefficient (Wildman–Crippen LogP) is 5.87. The Kier molecular flexibility index (Phi) is 7.20. The smallest absolute Gasteiger partial charge is 0.156 e. The van der Waals surface area contributed by atoms with Crippen molar-refractivity contribution in [3.8, 4) is 11.5 Å². The van der Waals surface area contributed by atoms with Crippen LogP contribution in [0.15, 0.2) is 48.3 Å². The van der Waals surface area contributed by atoms with Gasteiger partial charge in [0.25, 0.3) is 0 Å². The van der Waals surface area contributed by atoms with Crippen LogP contribution < -0.4 is 20.1 Å². The quantitative estimate of drug-likeness (QED) is 0.484. The van der Waals surface area contributed by atoms with Crippen molar-refractivity contribution >= 4 is 23.2 Å². The topological polar surface area (TPSA) is 42.5 Å². The van der Waals surface area contributed by atoms with Gasteiger partial charge in [-0.15, -0.1) is 0 Å². The fraction of sp³-hybridized carbons (Fsp3) is 0.391. The van der Waals surface area contributed by atoms with Crippen molar-refractivity contribution < 1.29 is 9.47 Å². The first-order valence-electron chi connectivity index (χ1n) is 9.93. The van der Waals surface area contributed by atoms with Crippen molar-refractivity contribution in [2.45, 2.75) is 39.0 Å². The molecule has 0 atom stereocenters. The van der Waals surface area contributed by atoms with Gasteiger partial charge < -0.3 is 20.1 Å². The van der Waals surface area contributed by atoms with E-state index < -0.39 is 0 Å². The predicted molar refractivity (Wildman–Crippen MR) is 120 cm³/mol. The number of ether oxygens (including phenoxy) is 2. The van der Waals surface area contributed by atoms with Gasteiger partial charge in [-0.05, 0) is 41.8 Å². The van der Waals surface area contributed by atoms with Gasteiger partial charge in [-0.2, -0.15) is 0 Å². The van der Waals surface area contributed by atoms with E-state index in [-0.39, 0.29) is 5.41 Å². The first kappa shape index (κ1) is 21.7. The van der Waals surface area contributed by atoms with E-state index in [1.54, 1.807) is 0 Å². The average Bonchev–Trinajstić information content (AvgIpc) is 3.22. The highest BCUT2D eigenvalue weighted by Gasteiger charge is 2.25. The maximum atomic E-state index is 6.49. The normalized spacial score (nSPS) is 13.5. The highest BCUT2D eigenvalue weighted by Crippen LogP contribution is 2.40. The minimum Gasteiger partial charge on any atom is -0.490 e. The van der Waals surface area contributed by atoms with Crippen LogP contribution in [0.5, 0.6) is 11.5 Å². The fourth-order valence-electron chi connectivity index (χ4n) is 3.16. The van der Waals surface area contributed by atoms with Crippen molar-refractivity contribution in [3.05, 3.63) is 69.5 Å². The van der Waals surface area contributed by atoms with Gasteiger partial charge in [-0.3, -0.25) is 0 Å². The van der Waals surface area contributed by atoms with Crippen LogP contribution in [0.3, 0.4) is 0 Å². The van der Waals surface area contributed by atoms with Crippen molar-refractivity contribution in [1.29, 1.82) is 0 Å². The Bertz CT molecular complexity index is 841. The Labute approximate surface area is 183 Å². The third kappa shape index (κ3) is 5.31. The summed E-state index contributed by atoms with van der Waals surface area (Å²) in [5, 5.41) is 7.39. The van der Waals surface area contributed by atoms with E-state index in [9.17, 15) is 0 Å². The monoisotopic (exact) mass is 434 g/mol. The van der Waals surface area contributed by atoms with Crippen LogP contribution >= 0.6 is 23.2 Å². The van der Waals surface area contributed by atoms with Crippen molar-refractivity contribution in [3.63, 3.8) is 0 Å². The summed E-state index contributed by atoms with van der Waals surface area (Å²) < 4.78 is 11.6. The molecular weight excluding hydrogens is 407 g/mol. The summed E-state index contributed by atoms with van der Waals surface area (Å²) in [6.07, 6.45) is 3.96. The largest absolute Gasteiger partial charge is 0.490 e. The molecule has 156 valence electrons. The van der Waals surface area contributed by atoms with E-state index in [0.717, 1.165) is 42.1 Å². The number of nitrogens with one attached hydrogen (secondary N) is 2. The molecule has 0 aromatic heterocycles. The zero-order chi connectivity index (χ0) is 20.9. The molecule has 0 aliphatic carbocycles. The Balaban J connectivity index is 1.73. The number of hydrogen-bond donors (Lipinski definition) is 2. The second-order valence-electron chi connectivity index (χ2n) is 7.64. The number of halogens is 2. The molecule has 0 saturated carbocycles. The van der Waals surface area contributed by atoms with Crippen molar-refractivity contribution in [2.24, 2.45) is 0 Å². The molecule has 0 fully saturated rings. The fourth-order valence-corrected chi connectivity index (χ4v) is 3.75. The molecule has 2 aromatic carbocycles. The van der Waals surface area contributed by atoms with Crippen LogP contribution in [0.4, 0.5) is 0 Å². The van der Waals surface area contributed by atoms with E-state index in [0.29, 0.717) is 29.0 Å². The maximum absolute atomic E-state index is 6.49. The highest BCUT2D eigenvalue weighted by molar-refractivity contribution is 6.37. The summed E-state index contributed by atoms with van der Waals surface area (Å²) in [5.74, 6) is 1.39. The van der Waals surface area contributed by atoms with E-state index in [1.165, 1.54) is 0 Å².